The average molecular weight is 332 g/mol. The van der Waals surface area contributed by atoms with Crippen LogP contribution < -0.4 is 10.6 Å². The third-order valence-electron chi connectivity index (χ3n) is 3.64. The van der Waals surface area contributed by atoms with Gasteiger partial charge in [0.25, 0.3) is 0 Å². The summed E-state index contributed by atoms with van der Waals surface area (Å²) in [6.45, 7) is 5.19. The number of aryl methyl sites for hydroxylation is 1. The molecule has 1 aromatic carbocycles. The predicted octanol–water partition coefficient (Wildman–Crippen LogP) is 1.97. The molecule has 0 aliphatic carbocycles. The van der Waals surface area contributed by atoms with E-state index in [1.807, 2.05) is 19.1 Å². The highest BCUT2D eigenvalue weighted by Crippen LogP contribution is 2.20. The van der Waals surface area contributed by atoms with Crippen molar-refractivity contribution in [3.8, 4) is 11.5 Å². The van der Waals surface area contributed by atoms with Gasteiger partial charge in [0.2, 0.25) is 11.8 Å². The third kappa shape index (κ3) is 3.90. The fourth-order valence-corrected chi connectivity index (χ4v) is 2.49. The predicted molar refractivity (Wildman–Crippen MR) is 86.6 cm³/mol. The van der Waals surface area contributed by atoms with Gasteiger partial charge < -0.3 is 24.5 Å². The first-order valence-corrected chi connectivity index (χ1v) is 7.83. The molecule has 1 fully saturated rings. The van der Waals surface area contributed by atoms with Crippen LogP contribution in [-0.2, 0) is 9.47 Å². The SMILES string of the molecule is CCOC1COCC1NC(=O)Nc1ccc(-c2nnc(C)o2)cc1. The second-order valence-corrected chi connectivity index (χ2v) is 5.44. The van der Waals surface area contributed by atoms with Crippen LogP contribution in [0.15, 0.2) is 28.7 Å². The van der Waals surface area contributed by atoms with Gasteiger partial charge in [-0.2, -0.15) is 0 Å². The number of hydrogen-bond acceptors (Lipinski definition) is 6. The molecular weight excluding hydrogens is 312 g/mol. The lowest BCUT2D eigenvalue weighted by atomic mass is 10.2. The maximum Gasteiger partial charge on any atom is 0.319 e. The normalized spacial score (nSPS) is 20.1. The number of hydrogen-bond donors (Lipinski definition) is 2. The second-order valence-electron chi connectivity index (χ2n) is 5.44. The van der Waals surface area contributed by atoms with Crippen molar-refractivity contribution in [1.29, 1.82) is 0 Å². The molecule has 24 heavy (non-hydrogen) atoms. The van der Waals surface area contributed by atoms with E-state index in [2.05, 4.69) is 20.8 Å². The van der Waals surface area contributed by atoms with Crippen molar-refractivity contribution in [1.82, 2.24) is 15.5 Å². The summed E-state index contributed by atoms with van der Waals surface area (Å²) in [6, 6.07) is 6.73. The summed E-state index contributed by atoms with van der Waals surface area (Å²) in [4.78, 5) is 12.1. The number of ether oxygens (including phenoxy) is 2. The zero-order chi connectivity index (χ0) is 16.9. The first-order valence-electron chi connectivity index (χ1n) is 7.83. The topological polar surface area (TPSA) is 98.5 Å². The number of nitrogens with one attached hydrogen (secondary N) is 2. The Kier molecular flexibility index (Phi) is 5.07. The Labute approximate surface area is 139 Å². The fourth-order valence-electron chi connectivity index (χ4n) is 2.49. The van der Waals surface area contributed by atoms with Crippen molar-refractivity contribution in [3.05, 3.63) is 30.2 Å². The van der Waals surface area contributed by atoms with Crippen molar-refractivity contribution in [2.24, 2.45) is 0 Å². The third-order valence-corrected chi connectivity index (χ3v) is 3.64. The maximum absolute atomic E-state index is 12.1. The van der Waals surface area contributed by atoms with Crippen molar-refractivity contribution in [2.45, 2.75) is 26.0 Å². The van der Waals surface area contributed by atoms with Crippen molar-refractivity contribution < 1.29 is 18.7 Å². The van der Waals surface area contributed by atoms with Gasteiger partial charge in [0.1, 0.15) is 6.10 Å². The number of rotatable bonds is 5. The Balaban J connectivity index is 1.56. The summed E-state index contributed by atoms with van der Waals surface area (Å²) in [7, 11) is 0. The van der Waals surface area contributed by atoms with Gasteiger partial charge in [-0.05, 0) is 31.2 Å². The van der Waals surface area contributed by atoms with E-state index in [1.54, 1.807) is 19.1 Å². The second kappa shape index (κ2) is 7.41. The van der Waals surface area contributed by atoms with E-state index >= 15 is 0 Å². The highest BCUT2D eigenvalue weighted by Gasteiger charge is 2.30. The molecule has 1 aromatic heterocycles. The molecule has 0 bridgehead atoms. The number of anilines is 1. The van der Waals surface area contributed by atoms with E-state index in [0.717, 1.165) is 5.56 Å². The molecule has 8 heteroatoms. The molecule has 2 N–H and O–H groups in total. The number of benzene rings is 1. The fraction of sp³-hybridized carbons (Fsp3) is 0.438. The summed E-state index contributed by atoms with van der Waals surface area (Å²) in [5.41, 5.74) is 1.46. The average Bonchev–Trinajstić information content (AvgIpc) is 3.18. The molecule has 2 amide bonds. The Morgan fingerprint density at radius 2 is 2.08 bits per heavy atom. The number of urea groups is 1. The number of nitrogens with zero attached hydrogens (tertiary/aromatic N) is 2. The minimum absolute atomic E-state index is 0.108. The Morgan fingerprint density at radius 1 is 1.29 bits per heavy atom. The van der Waals surface area contributed by atoms with Gasteiger partial charge in [0.05, 0.1) is 19.3 Å². The summed E-state index contributed by atoms with van der Waals surface area (Å²) in [5.74, 6) is 0.959. The molecule has 8 nitrogen and oxygen atoms in total. The van der Waals surface area contributed by atoms with Crippen LogP contribution in [-0.4, -0.2) is 48.2 Å². The lowest BCUT2D eigenvalue weighted by molar-refractivity contribution is 0.0428. The molecule has 1 aliphatic heterocycles. The van der Waals surface area contributed by atoms with Gasteiger partial charge in [-0.1, -0.05) is 0 Å². The molecular formula is C16H20N4O4. The minimum Gasteiger partial charge on any atom is -0.421 e. The smallest absolute Gasteiger partial charge is 0.319 e. The van der Waals surface area contributed by atoms with E-state index in [1.165, 1.54) is 0 Å². The molecule has 0 spiro atoms. The van der Waals surface area contributed by atoms with Crippen LogP contribution in [0, 0.1) is 6.92 Å². The lowest BCUT2D eigenvalue weighted by Gasteiger charge is -2.19. The van der Waals surface area contributed by atoms with Crippen molar-refractivity contribution in [2.75, 3.05) is 25.1 Å². The number of carbonyl (C=O) groups excluding carboxylic acids is 1. The van der Waals surface area contributed by atoms with Gasteiger partial charge in [-0.25, -0.2) is 4.79 Å². The van der Waals surface area contributed by atoms with Crippen LogP contribution in [0.3, 0.4) is 0 Å². The van der Waals surface area contributed by atoms with Gasteiger partial charge >= 0.3 is 6.03 Å². The summed E-state index contributed by atoms with van der Waals surface area (Å²) >= 11 is 0. The van der Waals surface area contributed by atoms with Gasteiger partial charge in [-0.15, -0.1) is 10.2 Å². The molecule has 2 unspecified atom stereocenters. The zero-order valence-corrected chi connectivity index (χ0v) is 13.6. The van der Waals surface area contributed by atoms with E-state index in [0.29, 0.717) is 37.3 Å². The lowest BCUT2D eigenvalue weighted by Crippen LogP contribution is -2.45. The van der Waals surface area contributed by atoms with Gasteiger partial charge in [-0.3, -0.25) is 0 Å². The van der Waals surface area contributed by atoms with Crippen LogP contribution >= 0.6 is 0 Å². The quantitative estimate of drug-likeness (QED) is 0.868. The highest BCUT2D eigenvalue weighted by molar-refractivity contribution is 5.89. The van der Waals surface area contributed by atoms with E-state index in [9.17, 15) is 4.79 Å². The zero-order valence-electron chi connectivity index (χ0n) is 13.6. The van der Waals surface area contributed by atoms with Crippen LogP contribution in [0.4, 0.5) is 10.5 Å². The van der Waals surface area contributed by atoms with Crippen molar-refractivity contribution >= 4 is 11.7 Å². The van der Waals surface area contributed by atoms with Crippen LogP contribution in [0.5, 0.6) is 0 Å². The van der Waals surface area contributed by atoms with Crippen LogP contribution in [0.25, 0.3) is 11.5 Å². The maximum atomic E-state index is 12.1. The molecule has 2 atom stereocenters. The highest BCUT2D eigenvalue weighted by atomic mass is 16.5. The summed E-state index contributed by atoms with van der Waals surface area (Å²) < 4.78 is 16.3. The van der Waals surface area contributed by atoms with Crippen LogP contribution in [0.1, 0.15) is 12.8 Å². The van der Waals surface area contributed by atoms with Crippen LogP contribution in [0.2, 0.25) is 0 Å². The molecule has 128 valence electrons. The molecule has 1 saturated heterocycles. The summed E-state index contributed by atoms with van der Waals surface area (Å²) in [5, 5.41) is 13.4. The standard InChI is InChI=1S/C16H20N4O4/c1-3-23-14-9-22-8-13(14)18-16(21)17-12-6-4-11(5-7-12)15-20-19-10(2)24-15/h4-7,13-14H,3,8-9H2,1-2H3,(H2,17,18,21). The first kappa shape index (κ1) is 16.4. The first-order chi connectivity index (χ1) is 11.7. The van der Waals surface area contributed by atoms with Gasteiger partial charge in [0.15, 0.2) is 0 Å². The number of aromatic nitrogens is 2. The monoisotopic (exact) mass is 332 g/mol. The molecule has 0 radical (unpaired) electrons. The number of carbonyl (C=O) groups is 1. The summed E-state index contributed by atoms with van der Waals surface area (Å²) in [6.07, 6.45) is -0.108. The molecule has 0 saturated carbocycles. The Hall–Kier alpha value is -2.45. The largest absolute Gasteiger partial charge is 0.421 e. The molecule has 2 heterocycles. The van der Waals surface area contributed by atoms with E-state index in [4.69, 9.17) is 13.9 Å². The minimum atomic E-state index is -0.295. The Morgan fingerprint density at radius 3 is 2.75 bits per heavy atom. The van der Waals surface area contributed by atoms with E-state index in [-0.39, 0.29) is 18.2 Å². The van der Waals surface area contributed by atoms with E-state index < -0.39 is 0 Å². The molecule has 1 aliphatic rings. The van der Waals surface area contributed by atoms with Crippen molar-refractivity contribution in [3.63, 3.8) is 0 Å². The van der Waals surface area contributed by atoms with Gasteiger partial charge in [0, 0.05) is 24.8 Å². The number of amides is 2. The molecule has 2 aromatic rings. The Bertz CT molecular complexity index is 686. The molecule has 3 rings (SSSR count).